The van der Waals surface area contributed by atoms with E-state index in [1.54, 1.807) is 30.3 Å². The van der Waals surface area contributed by atoms with E-state index in [9.17, 15) is 9.59 Å². The number of carbonyl (C=O) groups excluding carboxylic acids is 2. The fourth-order valence-corrected chi connectivity index (χ4v) is 2.78. The normalized spacial score (nSPS) is 15.8. The molecule has 26 heavy (non-hydrogen) atoms. The molecule has 0 radical (unpaired) electrons. The molecule has 1 fully saturated rings. The molecule has 7 heteroatoms. The number of urea groups is 1. The number of hydroxylamine groups is 2. The minimum Gasteiger partial charge on any atom is -0.308 e. The van der Waals surface area contributed by atoms with Crippen LogP contribution in [0.25, 0.3) is 0 Å². The van der Waals surface area contributed by atoms with Crippen LogP contribution in [0.4, 0.5) is 16.2 Å². The second-order valence-electron chi connectivity index (χ2n) is 6.75. The van der Waals surface area contributed by atoms with Gasteiger partial charge >= 0.3 is 6.03 Å². The van der Waals surface area contributed by atoms with Gasteiger partial charge in [0.2, 0.25) is 0 Å². The molecule has 1 saturated heterocycles. The summed E-state index contributed by atoms with van der Waals surface area (Å²) in [4.78, 5) is 29.7. The van der Waals surface area contributed by atoms with Gasteiger partial charge in [0.1, 0.15) is 0 Å². The van der Waals surface area contributed by atoms with Gasteiger partial charge in [0.25, 0.3) is 5.91 Å². The van der Waals surface area contributed by atoms with Gasteiger partial charge in [-0.25, -0.2) is 9.86 Å². The molecule has 6 nitrogen and oxygen atoms in total. The zero-order valence-electron chi connectivity index (χ0n) is 14.6. The van der Waals surface area contributed by atoms with Crippen molar-refractivity contribution in [1.82, 2.24) is 5.06 Å². The van der Waals surface area contributed by atoms with Crippen molar-refractivity contribution in [2.75, 3.05) is 17.2 Å². The van der Waals surface area contributed by atoms with Crippen molar-refractivity contribution in [2.45, 2.75) is 20.4 Å². The summed E-state index contributed by atoms with van der Waals surface area (Å²) in [6, 6.07) is 13.9. The minimum atomic E-state index is -0.524. The summed E-state index contributed by atoms with van der Waals surface area (Å²) in [5.41, 5.74) is 1.47. The number of benzene rings is 2. The zero-order valence-corrected chi connectivity index (χ0v) is 15.3. The van der Waals surface area contributed by atoms with Crippen LogP contribution in [0.3, 0.4) is 0 Å². The number of halogens is 1. The number of nitrogens with zero attached hydrogens (tertiary/aromatic N) is 1. The third kappa shape index (κ3) is 4.15. The van der Waals surface area contributed by atoms with Crippen molar-refractivity contribution in [1.29, 1.82) is 0 Å². The van der Waals surface area contributed by atoms with E-state index in [1.165, 1.54) is 5.06 Å². The quantitative estimate of drug-likeness (QED) is 0.840. The molecule has 3 rings (SSSR count). The first-order valence-electron chi connectivity index (χ1n) is 8.21. The second kappa shape index (κ2) is 7.35. The van der Waals surface area contributed by atoms with Gasteiger partial charge in [-0.15, -0.1) is 0 Å². The standard InChI is InChI=1S/C19H20ClN3O3/c1-19(2)12-26-23(17(19)24)11-13-8-9-15(10-16(13)20)22-18(25)21-14-6-4-3-5-7-14/h3-10H,11-12H2,1-2H3,(H2,21,22,25). The molecule has 0 atom stereocenters. The molecular weight excluding hydrogens is 354 g/mol. The van der Waals surface area contributed by atoms with Gasteiger partial charge < -0.3 is 10.6 Å². The molecule has 2 N–H and O–H groups in total. The lowest BCUT2D eigenvalue weighted by Gasteiger charge is -2.17. The largest absolute Gasteiger partial charge is 0.323 e. The molecule has 136 valence electrons. The van der Waals surface area contributed by atoms with Gasteiger partial charge in [-0.1, -0.05) is 35.9 Å². The Balaban J connectivity index is 1.62. The van der Waals surface area contributed by atoms with E-state index in [1.807, 2.05) is 32.0 Å². The molecule has 1 aliphatic rings. The van der Waals surface area contributed by atoms with Gasteiger partial charge in [-0.3, -0.25) is 9.63 Å². The maximum atomic E-state index is 12.2. The van der Waals surface area contributed by atoms with E-state index in [2.05, 4.69) is 10.6 Å². The number of hydrogen-bond acceptors (Lipinski definition) is 3. The second-order valence-corrected chi connectivity index (χ2v) is 7.16. The summed E-state index contributed by atoms with van der Waals surface area (Å²) in [5.74, 6) is -0.0713. The predicted molar refractivity (Wildman–Crippen MR) is 101 cm³/mol. The molecule has 0 spiro atoms. The topological polar surface area (TPSA) is 70.7 Å². The first kappa shape index (κ1) is 18.2. The number of amides is 3. The van der Waals surface area contributed by atoms with Crippen LogP contribution in [-0.4, -0.2) is 23.6 Å². The highest BCUT2D eigenvalue weighted by molar-refractivity contribution is 6.31. The molecule has 0 unspecified atom stereocenters. The van der Waals surface area contributed by atoms with Crippen molar-refractivity contribution in [3.8, 4) is 0 Å². The summed E-state index contributed by atoms with van der Waals surface area (Å²) in [6.45, 7) is 4.30. The highest BCUT2D eigenvalue weighted by atomic mass is 35.5. The van der Waals surface area contributed by atoms with Crippen molar-refractivity contribution >= 4 is 34.9 Å². The van der Waals surface area contributed by atoms with Gasteiger partial charge in [-0.05, 0) is 43.7 Å². The lowest BCUT2D eigenvalue weighted by Crippen LogP contribution is -2.30. The average Bonchev–Trinajstić information content (AvgIpc) is 2.85. The molecular formula is C19H20ClN3O3. The van der Waals surface area contributed by atoms with Gasteiger partial charge in [0.15, 0.2) is 0 Å². The summed E-state index contributed by atoms with van der Waals surface area (Å²) in [5, 5.41) is 7.24. The number of rotatable bonds is 4. The average molecular weight is 374 g/mol. The SMILES string of the molecule is CC1(C)CON(Cc2ccc(NC(=O)Nc3ccccc3)cc2Cl)C1=O. The summed E-state index contributed by atoms with van der Waals surface area (Å²) >= 11 is 6.31. The van der Waals surface area contributed by atoms with Crippen molar-refractivity contribution < 1.29 is 14.4 Å². The summed E-state index contributed by atoms with van der Waals surface area (Å²) in [7, 11) is 0. The van der Waals surface area contributed by atoms with Crippen molar-refractivity contribution in [3.63, 3.8) is 0 Å². The van der Waals surface area contributed by atoms with Gasteiger partial charge in [0, 0.05) is 16.4 Å². The Morgan fingerprint density at radius 3 is 2.46 bits per heavy atom. The van der Waals surface area contributed by atoms with E-state index >= 15 is 0 Å². The van der Waals surface area contributed by atoms with Crippen LogP contribution in [0.5, 0.6) is 0 Å². The van der Waals surface area contributed by atoms with Crippen LogP contribution in [0, 0.1) is 5.41 Å². The Hall–Kier alpha value is -2.57. The lowest BCUT2D eigenvalue weighted by atomic mass is 9.95. The fourth-order valence-electron chi connectivity index (χ4n) is 2.54. The van der Waals surface area contributed by atoms with E-state index in [4.69, 9.17) is 16.4 Å². The fraction of sp³-hybridized carbons (Fsp3) is 0.263. The van der Waals surface area contributed by atoms with Crippen LogP contribution in [0.15, 0.2) is 48.5 Å². The molecule has 1 aliphatic heterocycles. The predicted octanol–water partition coefficient (Wildman–Crippen LogP) is 4.28. The molecule has 0 saturated carbocycles. The minimum absolute atomic E-state index is 0.0713. The van der Waals surface area contributed by atoms with Crippen molar-refractivity contribution in [2.24, 2.45) is 5.41 Å². The van der Waals surface area contributed by atoms with Crippen LogP contribution < -0.4 is 10.6 Å². The highest BCUT2D eigenvalue weighted by Gasteiger charge is 2.40. The summed E-state index contributed by atoms with van der Waals surface area (Å²) in [6.07, 6.45) is 0. The third-order valence-electron chi connectivity index (χ3n) is 4.04. The Labute approximate surface area is 157 Å². The Bertz CT molecular complexity index is 824. The third-order valence-corrected chi connectivity index (χ3v) is 4.40. The molecule has 1 heterocycles. The number of anilines is 2. The molecule has 2 aromatic rings. The molecule has 0 aromatic heterocycles. The monoisotopic (exact) mass is 373 g/mol. The van der Waals surface area contributed by atoms with E-state index < -0.39 is 5.41 Å². The summed E-state index contributed by atoms with van der Waals surface area (Å²) < 4.78 is 0. The maximum absolute atomic E-state index is 12.2. The molecule has 2 aromatic carbocycles. The van der Waals surface area contributed by atoms with E-state index in [0.29, 0.717) is 23.0 Å². The van der Waals surface area contributed by atoms with Crippen LogP contribution in [0.1, 0.15) is 19.4 Å². The Morgan fingerprint density at radius 1 is 1.15 bits per heavy atom. The van der Waals surface area contributed by atoms with Crippen LogP contribution >= 0.6 is 11.6 Å². The van der Waals surface area contributed by atoms with Gasteiger partial charge in [-0.2, -0.15) is 0 Å². The maximum Gasteiger partial charge on any atom is 0.323 e. The first-order chi connectivity index (χ1) is 12.3. The number of para-hydroxylation sites is 1. The smallest absolute Gasteiger partial charge is 0.308 e. The number of carbonyl (C=O) groups is 2. The first-order valence-corrected chi connectivity index (χ1v) is 8.59. The van der Waals surface area contributed by atoms with E-state index in [-0.39, 0.29) is 18.5 Å². The number of hydrogen-bond donors (Lipinski definition) is 2. The van der Waals surface area contributed by atoms with E-state index in [0.717, 1.165) is 5.56 Å². The Morgan fingerprint density at radius 2 is 1.85 bits per heavy atom. The molecule has 0 bridgehead atoms. The zero-order chi connectivity index (χ0) is 18.7. The van der Waals surface area contributed by atoms with Crippen LogP contribution in [-0.2, 0) is 16.2 Å². The van der Waals surface area contributed by atoms with Crippen molar-refractivity contribution in [3.05, 3.63) is 59.1 Å². The van der Waals surface area contributed by atoms with Gasteiger partial charge in [0.05, 0.1) is 18.6 Å². The highest BCUT2D eigenvalue weighted by Crippen LogP contribution is 2.30. The molecule has 3 amide bonds. The Kier molecular flexibility index (Phi) is 5.15. The van der Waals surface area contributed by atoms with Crippen LogP contribution in [0.2, 0.25) is 5.02 Å². The number of nitrogens with one attached hydrogen (secondary N) is 2. The molecule has 0 aliphatic carbocycles. The lowest BCUT2D eigenvalue weighted by molar-refractivity contribution is -0.165.